The van der Waals surface area contributed by atoms with Crippen LogP contribution in [-0.2, 0) is 17.6 Å². The van der Waals surface area contributed by atoms with Gasteiger partial charge >= 0.3 is 0 Å². The van der Waals surface area contributed by atoms with Crippen LogP contribution >= 0.6 is 23.2 Å². The van der Waals surface area contributed by atoms with Gasteiger partial charge in [-0.2, -0.15) is 0 Å². The lowest BCUT2D eigenvalue weighted by Gasteiger charge is -2.09. The quantitative estimate of drug-likeness (QED) is 0.799. The highest BCUT2D eigenvalue weighted by molar-refractivity contribution is 6.35. The smallest absolute Gasteiger partial charge is 0.141 e. The maximum atomic E-state index is 12.3. The fourth-order valence-corrected chi connectivity index (χ4v) is 2.67. The van der Waals surface area contributed by atoms with Gasteiger partial charge in [0, 0.05) is 28.5 Å². The van der Waals surface area contributed by atoms with Crippen LogP contribution in [0.4, 0.5) is 0 Å². The molecule has 0 saturated carbocycles. The predicted octanol–water partition coefficient (Wildman–Crippen LogP) is 4.66. The Morgan fingerprint density at radius 3 is 2.43 bits per heavy atom. The summed E-state index contributed by atoms with van der Waals surface area (Å²) in [5.74, 6) is 0.819. The van der Waals surface area contributed by atoms with Gasteiger partial charge in [-0.15, -0.1) is 0 Å². The molecular weight excluding hydrogens is 307 g/mol. The summed E-state index contributed by atoms with van der Waals surface area (Å²) in [4.78, 5) is 12.3. The van der Waals surface area contributed by atoms with Crippen molar-refractivity contribution in [3.05, 3.63) is 63.1 Å². The van der Waals surface area contributed by atoms with Gasteiger partial charge in [-0.05, 0) is 30.7 Å². The molecule has 0 unspecified atom stereocenters. The Labute approximate surface area is 134 Å². The number of benzene rings is 2. The molecule has 21 heavy (non-hydrogen) atoms. The molecule has 0 bridgehead atoms. The minimum Gasteiger partial charge on any atom is -0.496 e. The van der Waals surface area contributed by atoms with Crippen LogP contribution in [0.5, 0.6) is 5.75 Å². The Morgan fingerprint density at radius 1 is 1.05 bits per heavy atom. The molecule has 2 rings (SSSR count). The number of Topliss-reactive ketones (excluding diaryl/α,β-unsaturated/α-hetero) is 1. The summed E-state index contributed by atoms with van der Waals surface area (Å²) in [6, 6.07) is 11.0. The molecule has 2 aromatic carbocycles. The molecule has 2 aromatic rings. The van der Waals surface area contributed by atoms with E-state index in [-0.39, 0.29) is 12.2 Å². The fourth-order valence-electron chi connectivity index (χ4n) is 2.20. The maximum absolute atomic E-state index is 12.3. The largest absolute Gasteiger partial charge is 0.496 e. The number of ether oxygens (including phenoxy) is 1. The average molecular weight is 323 g/mol. The number of hydrogen-bond acceptors (Lipinski definition) is 2. The van der Waals surface area contributed by atoms with Crippen molar-refractivity contribution in [2.45, 2.75) is 19.8 Å². The molecule has 0 saturated heterocycles. The Bertz CT molecular complexity index is 666. The molecule has 0 aromatic heterocycles. The van der Waals surface area contributed by atoms with Crippen LogP contribution in [0.3, 0.4) is 0 Å². The summed E-state index contributed by atoms with van der Waals surface area (Å²) >= 11 is 12.0. The van der Waals surface area contributed by atoms with Gasteiger partial charge in [0.1, 0.15) is 11.5 Å². The highest BCUT2D eigenvalue weighted by atomic mass is 35.5. The zero-order valence-corrected chi connectivity index (χ0v) is 13.5. The minimum atomic E-state index is 0.0862. The molecule has 0 radical (unpaired) electrons. The third kappa shape index (κ3) is 4.23. The third-order valence-electron chi connectivity index (χ3n) is 3.23. The molecule has 0 spiro atoms. The highest BCUT2D eigenvalue weighted by Gasteiger charge is 2.12. The van der Waals surface area contributed by atoms with E-state index in [4.69, 9.17) is 27.9 Å². The van der Waals surface area contributed by atoms with Gasteiger partial charge in [-0.1, -0.05) is 47.0 Å². The van der Waals surface area contributed by atoms with Gasteiger partial charge < -0.3 is 4.74 Å². The minimum absolute atomic E-state index is 0.0862. The monoisotopic (exact) mass is 322 g/mol. The molecule has 0 N–H and O–H groups in total. The van der Waals surface area contributed by atoms with E-state index >= 15 is 0 Å². The average Bonchev–Trinajstić information content (AvgIpc) is 2.42. The topological polar surface area (TPSA) is 26.3 Å². The number of aryl methyl sites for hydroxylation is 1. The van der Waals surface area contributed by atoms with E-state index in [0.717, 1.165) is 22.4 Å². The van der Waals surface area contributed by atoms with Crippen LogP contribution in [0.2, 0.25) is 10.0 Å². The van der Waals surface area contributed by atoms with Gasteiger partial charge in [-0.25, -0.2) is 0 Å². The maximum Gasteiger partial charge on any atom is 0.141 e. The van der Waals surface area contributed by atoms with E-state index in [0.29, 0.717) is 16.5 Å². The number of carbonyl (C=O) groups excluding carboxylic acids is 1. The first-order valence-electron chi connectivity index (χ1n) is 6.58. The van der Waals surface area contributed by atoms with E-state index in [1.165, 1.54) is 0 Å². The van der Waals surface area contributed by atoms with E-state index < -0.39 is 0 Å². The lowest BCUT2D eigenvalue weighted by molar-refractivity contribution is -0.117. The third-order valence-corrected chi connectivity index (χ3v) is 3.81. The number of carbonyl (C=O) groups is 1. The summed E-state index contributed by atoms with van der Waals surface area (Å²) in [7, 11) is 1.61. The summed E-state index contributed by atoms with van der Waals surface area (Å²) in [6.45, 7) is 1.99. The van der Waals surface area contributed by atoms with Crippen molar-refractivity contribution in [1.29, 1.82) is 0 Å². The molecule has 0 heterocycles. The van der Waals surface area contributed by atoms with Crippen molar-refractivity contribution in [3.8, 4) is 5.75 Å². The van der Waals surface area contributed by atoms with Crippen LogP contribution < -0.4 is 4.74 Å². The van der Waals surface area contributed by atoms with Crippen molar-refractivity contribution in [3.63, 3.8) is 0 Å². The SMILES string of the molecule is COc1ccc(C)cc1CC(=O)Cc1ccc(Cl)cc1Cl. The molecule has 0 aliphatic heterocycles. The molecule has 0 fully saturated rings. The standard InChI is InChI=1S/C17H16Cl2O2/c1-11-3-6-17(21-2)13(7-11)9-15(20)8-12-4-5-14(18)10-16(12)19/h3-7,10H,8-9H2,1-2H3. The van der Waals surface area contributed by atoms with Gasteiger partial charge in [0.15, 0.2) is 0 Å². The van der Waals surface area contributed by atoms with Gasteiger partial charge in [0.05, 0.1) is 7.11 Å². The van der Waals surface area contributed by atoms with Crippen molar-refractivity contribution in [2.75, 3.05) is 7.11 Å². The molecule has 0 amide bonds. The van der Waals surface area contributed by atoms with Gasteiger partial charge in [0.2, 0.25) is 0 Å². The second-order valence-corrected chi connectivity index (χ2v) is 5.79. The van der Waals surface area contributed by atoms with Crippen LogP contribution in [0, 0.1) is 6.92 Å². The first kappa shape index (κ1) is 15.9. The van der Waals surface area contributed by atoms with Crippen LogP contribution in [-0.4, -0.2) is 12.9 Å². The summed E-state index contributed by atoms with van der Waals surface area (Å²) in [5.41, 5.74) is 2.79. The molecule has 0 atom stereocenters. The molecule has 110 valence electrons. The molecule has 0 aliphatic carbocycles. The van der Waals surface area contributed by atoms with E-state index in [9.17, 15) is 4.79 Å². The second kappa shape index (κ2) is 6.97. The first-order valence-corrected chi connectivity index (χ1v) is 7.34. The number of halogens is 2. The van der Waals surface area contributed by atoms with E-state index in [1.807, 2.05) is 25.1 Å². The molecule has 4 heteroatoms. The number of hydrogen-bond donors (Lipinski definition) is 0. The number of ketones is 1. The predicted molar refractivity (Wildman–Crippen MR) is 86.6 cm³/mol. The van der Waals surface area contributed by atoms with Crippen molar-refractivity contribution < 1.29 is 9.53 Å². The van der Waals surface area contributed by atoms with E-state index in [1.54, 1.807) is 25.3 Å². The second-order valence-electron chi connectivity index (χ2n) is 4.94. The van der Waals surface area contributed by atoms with Crippen LogP contribution in [0.1, 0.15) is 16.7 Å². The number of methoxy groups -OCH3 is 1. The van der Waals surface area contributed by atoms with Crippen molar-refractivity contribution in [1.82, 2.24) is 0 Å². The summed E-state index contributed by atoms with van der Waals surface area (Å²) in [5, 5.41) is 1.09. The zero-order valence-electron chi connectivity index (χ0n) is 12.0. The Hall–Kier alpha value is -1.51. The lowest BCUT2D eigenvalue weighted by Crippen LogP contribution is -2.08. The fraction of sp³-hybridized carbons (Fsp3) is 0.235. The van der Waals surface area contributed by atoms with Crippen molar-refractivity contribution >= 4 is 29.0 Å². The Balaban J connectivity index is 2.13. The summed E-state index contributed by atoms with van der Waals surface area (Å²) < 4.78 is 5.30. The molecule has 2 nitrogen and oxygen atoms in total. The normalized spacial score (nSPS) is 10.5. The summed E-state index contributed by atoms with van der Waals surface area (Å²) in [6.07, 6.45) is 0.608. The van der Waals surface area contributed by atoms with Crippen LogP contribution in [0.15, 0.2) is 36.4 Å². The van der Waals surface area contributed by atoms with Crippen molar-refractivity contribution in [2.24, 2.45) is 0 Å². The number of rotatable bonds is 5. The lowest BCUT2D eigenvalue weighted by atomic mass is 10.0. The highest BCUT2D eigenvalue weighted by Crippen LogP contribution is 2.24. The van der Waals surface area contributed by atoms with E-state index in [2.05, 4.69) is 0 Å². The zero-order chi connectivity index (χ0) is 15.4. The van der Waals surface area contributed by atoms with Crippen LogP contribution in [0.25, 0.3) is 0 Å². The first-order chi connectivity index (χ1) is 9.99. The van der Waals surface area contributed by atoms with Gasteiger partial charge in [-0.3, -0.25) is 4.79 Å². The van der Waals surface area contributed by atoms with Gasteiger partial charge in [0.25, 0.3) is 0 Å². The molecule has 0 aliphatic rings. The Kier molecular flexibility index (Phi) is 5.27. The Morgan fingerprint density at radius 2 is 1.76 bits per heavy atom. The molecular formula is C17H16Cl2O2.